The quantitative estimate of drug-likeness (QED) is 0.647. The number of fused-ring (bicyclic) bond motifs is 2. The molecule has 0 bridgehead atoms. The van der Waals surface area contributed by atoms with Gasteiger partial charge in [0.25, 0.3) is 0 Å². The second-order valence-electron chi connectivity index (χ2n) is 7.73. The van der Waals surface area contributed by atoms with E-state index in [1.54, 1.807) is 7.11 Å². The van der Waals surface area contributed by atoms with Gasteiger partial charge in [-0.15, -0.1) is 0 Å². The fraction of sp³-hybridized carbons (Fsp3) is 1.00. The van der Waals surface area contributed by atoms with Gasteiger partial charge in [0.15, 0.2) is 6.23 Å². The lowest BCUT2D eigenvalue weighted by atomic mass is 9.70. The number of hydrogen-bond donors (Lipinski definition) is 3. The lowest BCUT2D eigenvalue weighted by Crippen LogP contribution is -3.21. The largest absolute Gasteiger partial charge is 0.388 e. The summed E-state index contributed by atoms with van der Waals surface area (Å²) in [7, 11) is 3.90. The zero-order valence-electron chi connectivity index (χ0n) is 13.6. The summed E-state index contributed by atoms with van der Waals surface area (Å²) in [6.45, 7) is 3.63. The van der Waals surface area contributed by atoms with Crippen molar-refractivity contribution >= 4 is 0 Å². The monoisotopic (exact) mass is 300 g/mol. The van der Waals surface area contributed by atoms with Gasteiger partial charge in [0.2, 0.25) is 0 Å². The topological polar surface area (TPSA) is 63.4 Å². The molecule has 3 N–H and O–H groups in total. The highest BCUT2D eigenvalue weighted by atomic mass is 16.5. The number of rotatable bonds is 2. The van der Waals surface area contributed by atoms with E-state index >= 15 is 0 Å². The van der Waals surface area contributed by atoms with Crippen LogP contribution in [-0.4, -0.2) is 60.6 Å². The van der Waals surface area contributed by atoms with E-state index in [-0.39, 0.29) is 30.6 Å². The van der Waals surface area contributed by atoms with Crippen molar-refractivity contribution in [3.63, 3.8) is 0 Å². The molecular formula is C16H30NO4+. The summed E-state index contributed by atoms with van der Waals surface area (Å²) in [5, 5.41) is 20.7. The molecule has 0 radical (unpaired) electrons. The molecule has 0 amide bonds. The molecule has 3 rings (SSSR count). The van der Waals surface area contributed by atoms with Crippen molar-refractivity contribution in [2.24, 2.45) is 11.8 Å². The Balaban J connectivity index is 1.88. The van der Waals surface area contributed by atoms with E-state index < -0.39 is 5.60 Å². The van der Waals surface area contributed by atoms with Gasteiger partial charge in [-0.25, -0.2) is 0 Å². The second-order valence-corrected chi connectivity index (χ2v) is 7.73. The van der Waals surface area contributed by atoms with Crippen LogP contribution in [0.4, 0.5) is 0 Å². The number of nitrogens with one attached hydrogen (secondary N) is 1. The van der Waals surface area contributed by atoms with Crippen LogP contribution in [-0.2, 0) is 9.47 Å². The summed E-state index contributed by atoms with van der Waals surface area (Å²) in [4.78, 5) is 1.26. The highest BCUT2D eigenvalue weighted by Gasteiger charge is 2.59. The molecule has 2 saturated heterocycles. The standard InChI is InChI=1S/C16H29NO4/c1-16(2,19)12-8-10-14(20-4)9-6-5-7-11(18)13(9)17(3)15(10)21-12/h9-15,18-19H,5-8H2,1-4H3/p+1/t9?,10?,11?,12-,13?,14?,15?/m0/s1. The first-order valence-electron chi connectivity index (χ1n) is 8.26. The van der Waals surface area contributed by atoms with E-state index in [9.17, 15) is 10.2 Å². The fourth-order valence-electron chi connectivity index (χ4n) is 4.98. The van der Waals surface area contributed by atoms with Crippen molar-refractivity contribution in [3.05, 3.63) is 0 Å². The number of aliphatic hydroxyl groups excluding tert-OH is 1. The summed E-state index contributed by atoms with van der Waals surface area (Å²) in [6.07, 6.45) is 3.62. The van der Waals surface area contributed by atoms with E-state index in [1.165, 1.54) is 4.90 Å². The van der Waals surface area contributed by atoms with Crippen LogP contribution in [0.2, 0.25) is 0 Å². The number of piperidine rings is 1. The number of hydrogen-bond acceptors (Lipinski definition) is 4. The predicted molar refractivity (Wildman–Crippen MR) is 77.9 cm³/mol. The molecule has 5 heteroatoms. The van der Waals surface area contributed by atoms with Crippen molar-refractivity contribution in [1.82, 2.24) is 0 Å². The first-order chi connectivity index (χ1) is 9.84. The van der Waals surface area contributed by atoms with Crippen LogP contribution >= 0.6 is 0 Å². The Morgan fingerprint density at radius 2 is 1.95 bits per heavy atom. The van der Waals surface area contributed by atoms with E-state index in [0.29, 0.717) is 11.8 Å². The lowest BCUT2D eigenvalue weighted by molar-refractivity contribution is -0.971. The molecule has 5 nitrogen and oxygen atoms in total. The van der Waals surface area contributed by atoms with Gasteiger partial charge < -0.3 is 24.6 Å². The maximum Gasteiger partial charge on any atom is 0.197 e. The summed E-state index contributed by atoms with van der Waals surface area (Å²) in [5.74, 6) is 0.696. The summed E-state index contributed by atoms with van der Waals surface area (Å²) < 4.78 is 12.0. The van der Waals surface area contributed by atoms with E-state index in [0.717, 1.165) is 25.7 Å². The Morgan fingerprint density at radius 3 is 2.57 bits per heavy atom. The normalized spacial score (nSPS) is 50.6. The lowest BCUT2D eigenvalue weighted by Gasteiger charge is -2.50. The highest BCUT2D eigenvalue weighted by molar-refractivity contribution is 4.99. The van der Waals surface area contributed by atoms with Crippen molar-refractivity contribution in [2.45, 2.75) is 75.7 Å². The summed E-state index contributed by atoms with van der Waals surface area (Å²) in [5.41, 5.74) is -0.834. The number of likely N-dealkylation sites (N-methyl/N-ethyl adjacent to an activating group) is 1. The third kappa shape index (κ3) is 2.53. The van der Waals surface area contributed by atoms with Crippen LogP contribution in [0.3, 0.4) is 0 Å². The van der Waals surface area contributed by atoms with E-state index in [4.69, 9.17) is 9.47 Å². The number of methoxy groups -OCH3 is 1. The molecule has 3 fully saturated rings. The molecule has 2 aliphatic heterocycles. The first kappa shape index (κ1) is 15.7. The van der Waals surface area contributed by atoms with Gasteiger partial charge in [-0.3, -0.25) is 0 Å². The first-order valence-corrected chi connectivity index (χ1v) is 8.26. The van der Waals surface area contributed by atoms with Gasteiger partial charge >= 0.3 is 0 Å². The summed E-state index contributed by atoms with van der Waals surface area (Å²) >= 11 is 0. The molecule has 0 aromatic heterocycles. The molecule has 122 valence electrons. The molecule has 0 spiro atoms. The molecule has 8 atom stereocenters. The van der Waals surface area contributed by atoms with E-state index in [1.807, 2.05) is 13.8 Å². The third-order valence-electron chi connectivity index (χ3n) is 5.98. The zero-order chi connectivity index (χ0) is 15.4. The molecular weight excluding hydrogens is 270 g/mol. The minimum atomic E-state index is -0.834. The maximum atomic E-state index is 10.5. The zero-order valence-corrected chi connectivity index (χ0v) is 13.6. The van der Waals surface area contributed by atoms with E-state index in [2.05, 4.69) is 7.05 Å². The average Bonchev–Trinajstić information content (AvgIpc) is 2.84. The molecule has 0 aromatic rings. The molecule has 2 heterocycles. The fourth-order valence-corrected chi connectivity index (χ4v) is 4.98. The summed E-state index contributed by atoms with van der Waals surface area (Å²) in [6, 6.07) is 0.186. The van der Waals surface area contributed by atoms with Crippen LogP contribution in [0.15, 0.2) is 0 Å². The minimum Gasteiger partial charge on any atom is -0.388 e. The Morgan fingerprint density at radius 1 is 1.24 bits per heavy atom. The molecule has 3 aliphatic rings. The SMILES string of the molecule is COC1C2C[C@@H](C(C)(C)O)OC2[NH+](C)C2C(O)CCCC12. The minimum absolute atomic E-state index is 0.0142. The van der Waals surface area contributed by atoms with Crippen LogP contribution < -0.4 is 4.90 Å². The van der Waals surface area contributed by atoms with Crippen molar-refractivity contribution in [1.29, 1.82) is 0 Å². The number of ether oxygens (including phenoxy) is 2. The Kier molecular flexibility index (Phi) is 4.08. The van der Waals surface area contributed by atoms with Gasteiger partial charge in [-0.2, -0.15) is 0 Å². The molecule has 21 heavy (non-hydrogen) atoms. The number of likely N-dealkylation sites (tertiary alicyclic amines) is 1. The van der Waals surface area contributed by atoms with Crippen LogP contribution in [0.5, 0.6) is 0 Å². The molecule has 1 aliphatic carbocycles. The third-order valence-corrected chi connectivity index (χ3v) is 5.98. The maximum absolute atomic E-state index is 10.5. The van der Waals surface area contributed by atoms with Crippen molar-refractivity contribution in [3.8, 4) is 0 Å². The van der Waals surface area contributed by atoms with Gasteiger partial charge in [0, 0.05) is 13.0 Å². The smallest absolute Gasteiger partial charge is 0.197 e. The Labute approximate surface area is 127 Å². The Bertz CT molecular complexity index is 383. The Hall–Kier alpha value is -0.200. The predicted octanol–water partition coefficient (Wildman–Crippen LogP) is -0.439. The molecule has 1 saturated carbocycles. The van der Waals surface area contributed by atoms with Gasteiger partial charge in [0.05, 0.1) is 30.8 Å². The average molecular weight is 300 g/mol. The van der Waals surface area contributed by atoms with Gasteiger partial charge in [-0.05, 0) is 33.1 Å². The van der Waals surface area contributed by atoms with Gasteiger partial charge in [0.1, 0.15) is 12.1 Å². The van der Waals surface area contributed by atoms with Crippen molar-refractivity contribution in [2.75, 3.05) is 14.2 Å². The second kappa shape index (κ2) is 5.46. The number of quaternary nitrogens is 1. The highest BCUT2D eigenvalue weighted by Crippen LogP contribution is 2.42. The van der Waals surface area contributed by atoms with Crippen LogP contribution in [0, 0.1) is 11.8 Å². The number of aliphatic hydroxyl groups is 2. The molecule has 7 unspecified atom stereocenters. The van der Waals surface area contributed by atoms with Crippen LogP contribution in [0.1, 0.15) is 39.5 Å². The van der Waals surface area contributed by atoms with Crippen LogP contribution in [0.25, 0.3) is 0 Å². The van der Waals surface area contributed by atoms with Gasteiger partial charge in [-0.1, -0.05) is 6.42 Å². The molecule has 0 aromatic carbocycles. The van der Waals surface area contributed by atoms with Crippen molar-refractivity contribution < 1.29 is 24.6 Å².